The Kier molecular flexibility index (Phi) is 4.30. The molecule has 1 aromatic carbocycles. The average molecular weight is 230 g/mol. The maximum absolute atomic E-state index is 6.04. The van der Waals surface area contributed by atoms with Crippen molar-refractivity contribution in [1.29, 1.82) is 0 Å². The summed E-state index contributed by atoms with van der Waals surface area (Å²) >= 11 is 11.6. The Morgan fingerprint density at radius 2 is 2.21 bits per heavy atom. The first-order valence-corrected chi connectivity index (χ1v) is 5.21. The van der Waals surface area contributed by atoms with Gasteiger partial charge in [-0.25, -0.2) is 0 Å². The number of halogens is 2. The fourth-order valence-electron chi connectivity index (χ4n) is 1.04. The first-order valence-electron chi connectivity index (χ1n) is 4.39. The van der Waals surface area contributed by atoms with E-state index < -0.39 is 0 Å². The molecule has 0 atom stereocenters. The van der Waals surface area contributed by atoms with Crippen molar-refractivity contribution in [2.45, 2.75) is 13.8 Å². The number of anilines is 1. The predicted octanol–water partition coefficient (Wildman–Crippen LogP) is 4.20. The van der Waals surface area contributed by atoms with E-state index in [1.807, 2.05) is 32.0 Å². The second kappa shape index (κ2) is 5.28. The van der Waals surface area contributed by atoms with Gasteiger partial charge in [0.05, 0.1) is 10.7 Å². The minimum absolute atomic E-state index is 0.715. The molecule has 0 aliphatic heterocycles. The summed E-state index contributed by atoms with van der Waals surface area (Å²) in [4.78, 5) is 0. The van der Waals surface area contributed by atoms with Gasteiger partial charge in [0.25, 0.3) is 0 Å². The zero-order chi connectivity index (χ0) is 10.6. The number of aryl methyl sites for hydroxylation is 1. The topological polar surface area (TPSA) is 12.0 Å². The van der Waals surface area contributed by atoms with E-state index in [0.29, 0.717) is 6.54 Å². The maximum atomic E-state index is 6.04. The van der Waals surface area contributed by atoms with Crippen LogP contribution in [0, 0.1) is 6.92 Å². The van der Waals surface area contributed by atoms with Crippen molar-refractivity contribution >= 4 is 28.9 Å². The molecule has 0 radical (unpaired) electrons. The molecule has 14 heavy (non-hydrogen) atoms. The highest BCUT2D eigenvalue weighted by molar-refractivity contribution is 6.33. The summed E-state index contributed by atoms with van der Waals surface area (Å²) in [6.07, 6.45) is 0. The molecular formula is C11H13Cl2N. The van der Waals surface area contributed by atoms with Crippen LogP contribution in [0.15, 0.2) is 29.3 Å². The minimum atomic E-state index is 0.715. The smallest absolute Gasteiger partial charge is 0.0640 e. The molecule has 1 rings (SSSR count). The minimum Gasteiger partial charge on any atom is -0.380 e. The average Bonchev–Trinajstić information content (AvgIpc) is 2.16. The van der Waals surface area contributed by atoms with Crippen LogP contribution >= 0.6 is 23.2 Å². The van der Waals surface area contributed by atoms with Gasteiger partial charge in [-0.15, -0.1) is 0 Å². The van der Waals surface area contributed by atoms with Crippen molar-refractivity contribution in [2.75, 3.05) is 11.9 Å². The van der Waals surface area contributed by atoms with Gasteiger partial charge < -0.3 is 5.32 Å². The van der Waals surface area contributed by atoms with Gasteiger partial charge in [0.2, 0.25) is 0 Å². The standard InChI is InChI=1S/C11H13Cl2N/c1-8-3-4-11(10(13)5-8)14-7-9(2)6-12/h3-6,14H,7H2,1-2H3/b9-6-. The lowest BCUT2D eigenvalue weighted by Crippen LogP contribution is -2.02. The molecule has 0 saturated heterocycles. The largest absolute Gasteiger partial charge is 0.380 e. The number of benzene rings is 1. The van der Waals surface area contributed by atoms with Gasteiger partial charge in [0, 0.05) is 12.1 Å². The lowest BCUT2D eigenvalue weighted by atomic mass is 10.2. The van der Waals surface area contributed by atoms with Gasteiger partial charge in [-0.3, -0.25) is 0 Å². The molecule has 0 aliphatic carbocycles. The SMILES string of the molecule is C/C(=C/Cl)CNc1ccc(C)cc1Cl. The molecule has 3 heteroatoms. The van der Waals surface area contributed by atoms with Crippen LogP contribution in [0.2, 0.25) is 5.02 Å². The lowest BCUT2D eigenvalue weighted by molar-refractivity contribution is 1.21. The Hall–Kier alpha value is -0.660. The zero-order valence-corrected chi connectivity index (χ0v) is 9.78. The third kappa shape index (κ3) is 3.24. The van der Waals surface area contributed by atoms with Crippen molar-refractivity contribution in [1.82, 2.24) is 0 Å². The number of nitrogens with one attached hydrogen (secondary N) is 1. The van der Waals surface area contributed by atoms with E-state index in [1.54, 1.807) is 5.54 Å². The van der Waals surface area contributed by atoms with Crippen LogP contribution in [-0.2, 0) is 0 Å². The molecule has 76 valence electrons. The summed E-state index contributed by atoms with van der Waals surface area (Å²) in [5.41, 5.74) is 4.73. The highest BCUT2D eigenvalue weighted by Crippen LogP contribution is 2.22. The van der Waals surface area contributed by atoms with Crippen LogP contribution in [0.5, 0.6) is 0 Å². The van der Waals surface area contributed by atoms with Crippen LogP contribution in [0.4, 0.5) is 5.69 Å². The quantitative estimate of drug-likeness (QED) is 0.820. The first-order chi connectivity index (χ1) is 6.63. The Morgan fingerprint density at radius 1 is 1.50 bits per heavy atom. The molecule has 1 nitrogen and oxygen atoms in total. The highest BCUT2D eigenvalue weighted by atomic mass is 35.5. The van der Waals surface area contributed by atoms with Crippen LogP contribution in [0.3, 0.4) is 0 Å². The first kappa shape index (κ1) is 11.4. The Bertz CT molecular complexity index is 345. The van der Waals surface area contributed by atoms with Crippen LogP contribution in [0.25, 0.3) is 0 Å². The Balaban J connectivity index is 2.68. The fourth-order valence-corrected chi connectivity index (χ4v) is 1.42. The Morgan fingerprint density at radius 3 is 2.79 bits per heavy atom. The summed E-state index contributed by atoms with van der Waals surface area (Å²) in [6, 6.07) is 5.93. The molecule has 0 spiro atoms. The fraction of sp³-hybridized carbons (Fsp3) is 0.273. The summed E-state index contributed by atoms with van der Waals surface area (Å²) < 4.78 is 0. The molecule has 0 amide bonds. The number of hydrogen-bond donors (Lipinski definition) is 1. The third-order valence-electron chi connectivity index (χ3n) is 1.87. The monoisotopic (exact) mass is 229 g/mol. The molecule has 0 heterocycles. The molecule has 1 N–H and O–H groups in total. The molecular weight excluding hydrogens is 217 g/mol. The molecule has 0 saturated carbocycles. The second-order valence-corrected chi connectivity index (χ2v) is 3.92. The summed E-state index contributed by atoms with van der Waals surface area (Å²) in [6.45, 7) is 4.69. The molecule has 0 aliphatic rings. The van der Waals surface area contributed by atoms with Crippen LogP contribution in [-0.4, -0.2) is 6.54 Å². The molecule has 0 bridgehead atoms. The molecule has 1 aromatic rings. The van der Waals surface area contributed by atoms with E-state index >= 15 is 0 Å². The Labute approximate surface area is 94.7 Å². The summed E-state index contributed by atoms with van der Waals surface area (Å²) in [5.74, 6) is 0. The second-order valence-electron chi connectivity index (χ2n) is 3.29. The lowest BCUT2D eigenvalue weighted by Gasteiger charge is -2.08. The van der Waals surface area contributed by atoms with E-state index in [1.165, 1.54) is 0 Å². The molecule has 0 fully saturated rings. The highest BCUT2D eigenvalue weighted by Gasteiger charge is 1.99. The molecule has 0 aromatic heterocycles. The number of hydrogen-bond acceptors (Lipinski definition) is 1. The van der Waals surface area contributed by atoms with Gasteiger partial charge in [0.15, 0.2) is 0 Å². The maximum Gasteiger partial charge on any atom is 0.0640 e. The van der Waals surface area contributed by atoms with Gasteiger partial charge in [-0.2, -0.15) is 0 Å². The van der Waals surface area contributed by atoms with Gasteiger partial charge >= 0.3 is 0 Å². The van der Waals surface area contributed by atoms with E-state index in [-0.39, 0.29) is 0 Å². The van der Waals surface area contributed by atoms with Crippen LogP contribution in [0.1, 0.15) is 12.5 Å². The molecule has 0 unspecified atom stereocenters. The van der Waals surface area contributed by atoms with Gasteiger partial charge in [0.1, 0.15) is 0 Å². The van der Waals surface area contributed by atoms with Crippen molar-refractivity contribution in [3.8, 4) is 0 Å². The predicted molar refractivity (Wildman–Crippen MR) is 64.3 cm³/mol. The van der Waals surface area contributed by atoms with Crippen molar-refractivity contribution in [3.05, 3.63) is 39.9 Å². The summed E-state index contributed by atoms with van der Waals surface area (Å²) in [7, 11) is 0. The van der Waals surface area contributed by atoms with E-state index in [9.17, 15) is 0 Å². The summed E-state index contributed by atoms with van der Waals surface area (Å²) in [5, 5.41) is 3.95. The van der Waals surface area contributed by atoms with Crippen molar-refractivity contribution in [2.24, 2.45) is 0 Å². The normalized spacial score (nSPS) is 11.6. The van der Waals surface area contributed by atoms with E-state index in [0.717, 1.165) is 21.8 Å². The number of rotatable bonds is 3. The van der Waals surface area contributed by atoms with Crippen molar-refractivity contribution in [3.63, 3.8) is 0 Å². The van der Waals surface area contributed by atoms with E-state index in [2.05, 4.69) is 5.32 Å². The zero-order valence-electron chi connectivity index (χ0n) is 8.27. The van der Waals surface area contributed by atoms with Crippen molar-refractivity contribution < 1.29 is 0 Å². The van der Waals surface area contributed by atoms with Gasteiger partial charge in [-0.05, 0) is 37.1 Å². The van der Waals surface area contributed by atoms with Gasteiger partial charge in [-0.1, -0.05) is 29.3 Å². The van der Waals surface area contributed by atoms with Crippen LogP contribution < -0.4 is 5.32 Å². The van der Waals surface area contributed by atoms with E-state index in [4.69, 9.17) is 23.2 Å². The third-order valence-corrected chi connectivity index (χ3v) is 2.55.